The molecule has 1 nitrogen and oxygen atoms in total. The van der Waals surface area contributed by atoms with Crippen molar-refractivity contribution < 1.29 is 0 Å². The minimum Gasteiger partial charge on any atom is -0.310 e. The van der Waals surface area contributed by atoms with Crippen LogP contribution in [0.15, 0.2) is 176 Å². The van der Waals surface area contributed by atoms with E-state index < -0.39 is 0 Å². The maximum Gasteiger partial charge on any atom is 0.0540 e. The molecule has 7 rings (SSSR count). The van der Waals surface area contributed by atoms with Crippen LogP contribution in [-0.2, 0) is 0 Å². The third-order valence-electron chi connectivity index (χ3n) is 7.65. The number of para-hydroxylation sites is 1. The van der Waals surface area contributed by atoms with Crippen LogP contribution < -0.4 is 4.90 Å². The molecule has 0 spiro atoms. The average molecular weight is 524 g/mol. The normalized spacial score (nSPS) is 10.9. The molecule has 1 heteroatoms. The molecule has 0 saturated heterocycles. The van der Waals surface area contributed by atoms with Crippen molar-refractivity contribution in [1.29, 1.82) is 0 Å². The van der Waals surface area contributed by atoms with Crippen LogP contribution >= 0.6 is 0 Å². The molecular formula is C40H29N. The Bertz CT molecular complexity index is 1920. The van der Waals surface area contributed by atoms with Crippen molar-refractivity contribution in [2.75, 3.05) is 4.90 Å². The second-order valence-corrected chi connectivity index (χ2v) is 10.2. The molecule has 7 aromatic carbocycles. The molecule has 0 N–H and O–H groups in total. The molecule has 0 aliphatic heterocycles. The minimum absolute atomic E-state index is 1.12. The van der Waals surface area contributed by atoms with E-state index >= 15 is 0 Å². The number of rotatable bonds is 6. The lowest BCUT2D eigenvalue weighted by Crippen LogP contribution is -2.10. The van der Waals surface area contributed by atoms with Gasteiger partial charge >= 0.3 is 0 Å². The van der Waals surface area contributed by atoms with E-state index in [1.54, 1.807) is 0 Å². The summed E-state index contributed by atoms with van der Waals surface area (Å²) in [6.45, 7) is 0. The van der Waals surface area contributed by atoms with Gasteiger partial charge in [0.05, 0.1) is 5.69 Å². The molecular weight excluding hydrogens is 494 g/mol. The Morgan fingerprint density at radius 2 is 0.854 bits per heavy atom. The molecule has 0 saturated carbocycles. The molecule has 7 aromatic rings. The summed E-state index contributed by atoms with van der Waals surface area (Å²) in [5.41, 5.74) is 10.7. The van der Waals surface area contributed by atoms with Crippen LogP contribution in [-0.4, -0.2) is 0 Å². The molecule has 0 heterocycles. The second kappa shape index (κ2) is 11.0. The van der Waals surface area contributed by atoms with Gasteiger partial charge in [0.2, 0.25) is 0 Å². The van der Waals surface area contributed by atoms with Gasteiger partial charge in [-0.25, -0.2) is 0 Å². The number of fused-ring (bicyclic) bond motifs is 1. The van der Waals surface area contributed by atoms with Gasteiger partial charge in [-0.15, -0.1) is 0 Å². The quantitative estimate of drug-likeness (QED) is 0.209. The van der Waals surface area contributed by atoms with Gasteiger partial charge in [-0.05, 0) is 75.2 Å². The summed E-state index contributed by atoms with van der Waals surface area (Å²) in [5, 5.41) is 2.45. The molecule has 0 aliphatic carbocycles. The Morgan fingerprint density at radius 3 is 1.61 bits per heavy atom. The van der Waals surface area contributed by atoms with Crippen LogP contribution in [0.5, 0.6) is 0 Å². The summed E-state index contributed by atoms with van der Waals surface area (Å²) in [6.07, 6.45) is 0. The first kappa shape index (κ1) is 24.6. The summed E-state index contributed by atoms with van der Waals surface area (Å²) in [5.74, 6) is 0. The summed E-state index contributed by atoms with van der Waals surface area (Å²) in [7, 11) is 0. The number of nitrogens with zero attached hydrogens (tertiary/aromatic N) is 1. The van der Waals surface area contributed by atoms with E-state index in [-0.39, 0.29) is 0 Å². The Morgan fingerprint density at radius 1 is 0.317 bits per heavy atom. The van der Waals surface area contributed by atoms with E-state index in [0.29, 0.717) is 0 Å². The van der Waals surface area contributed by atoms with E-state index in [9.17, 15) is 0 Å². The second-order valence-electron chi connectivity index (χ2n) is 10.2. The SMILES string of the molecule is c1ccc(-c2ccc(-c3cccc(N(c4ccccc4)c4cccc5ccccc45)c3)cc2-c2ccccc2)cc1. The summed E-state index contributed by atoms with van der Waals surface area (Å²) in [4.78, 5) is 2.36. The largest absolute Gasteiger partial charge is 0.310 e. The molecule has 0 amide bonds. The first-order chi connectivity index (χ1) is 20.3. The number of hydrogen-bond donors (Lipinski definition) is 0. The van der Waals surface area contributed by atoms with Crippen molar-refractivity contribution in [1.82, 2.24) is 0 Å². The predicted octanol–water partition coefficient (Wildman–Crippen LogP) is 11.3. The first-order valence-electron chi connectivity index (χ1n) is 14.0. The summed E-state index contributed by atoms with van der Waals surface area (Å²) < 4.78 is 0. The highest BCUT2D eigenvalue weighted by Gasteiger charge is 2.16. The lowest BCUT2D eigenvalue weighted by molar-refractivity contribution is 1.30. The van der Waals surface area contributed by atoms with Crippen molar-refractivity contribution in [2.24, 2.45) is 0 Å². The molecule has 0 fully saturated rings. The van der Waals surface area contributed by atoms with Crippen LogP contribution in [0.3, 0.4) is 0 Å². The van der Waals surface area contributed by atoms with Gasteiger partial charge in [0, 0.05) is 16.8 Å². The fraction of sp³-hybridized carbons (Fsp3) is 0. The van der Waals surface area contributed by atoms with Gasteiger partial charge < -0.3 is 4.90 Å². The van der Waals surface area contributed by atoms with Gasteiger partial charge in [-0.3, -0.25) is 0 Å². The Labute approximate surface area is 241 Å². The van der Waals surface area contributed by atoms with E-state index in [4.69, 9.17) is 0 Å². The van der Waals surface area contributed by atoms with Crippen molar-refractivity contribution in [3.05, 3.63) is 176 Å². The molecule has 0 atom stereocenters. The molecule has 194 valence electrons. The van der Waals surface area contributed by atoms with Crippen LogP contribution in [0.2, 0.25) is 0 Å². The molecule has 0 aromatic heterocycles. The van der Waals surface area contributed by atoms with Crippen LogP contribution in [0.25, 0.3) is 44.2 Å². The highest BCUT2D eigenvalue weighted by atomic mass is 15.1. The highest BCUT2D eigenvalue weighted by Crippen LogP contribution is 2.41. The topological polar surface area (TPSA) is 3.24 Å². The zero-order chi connectivity index (χ0) is 27.4. The van der Waals surface area contributed by atoms with Crippen LogP contribution in [0, 0.1) is 0 Å². The lowest BCUT2D eigenvalue weighted by atomic mass is 9.91. The molecule has 0 bridgehead atoms. The van der Waals surface area contributed by atoms with E-state index in [1.807, 2.05) is 0 Å². The predicted molar refractivity (Wildman–Crippen MR) is 175 cm³/mol. The van der Waals surface area contributed by atoms with Crippen molar-refractivity contribution in [3.63, 3.8) is 0 Å². The first-order valence-corrected chi connectivity index (χ1v) is 14.0. The van der Waals surface area contributed by atoms with E-state index in [0.717, 1.165) is 17.1 Å². The maximum absolute atomic E-state index is 2.36. The van der Waals surface area contributed by atoms with Crippen molar-refractivity contribution in [2.45, 2.75) is 0 Å². The average Bonchev–Trinajstić information content (AvgIpc) is 3.06. The molecule has 0 aliphatic rings. The van der Waals surface area contributed by atoms with Crippen molar-refractivity contribution >= 4 is 27.8 Å². The highest BCUT2D eigenvalue weighted by molar-refractivity contribution is 5.99. The molecule has 41 heavy (non-hydrogen) atoms. The monoisotopic (exact) mass is 523 g/mol. The van der Waals surface area contributed by atoms with Gasteiger partial charge in [0.1, 0.15) is 0 Å². The maximum atomic E-state index is 2.36. The van der Waals surface area contributed by atoms with E-state index in [1.165, 1.54) is 44.2 Å². The van der Waals surface area contributed by atoms with E-state index in [2.05, 4.69) is 181 Å². The summed E-state index contributed by atoms with van der Waals surface area (Å²) in [6, 6.07) is 62.8. The van der Waals surface area contributed by atoms with Crippen LogP contribution in [0.4, 0.5) is 17.1 Å². The Kier molecular flexibility index (Phi) is 6.61. The summed E-state index contributed by atoms with van der Waals surface area (Å²) >= 11 is 0. The lowest BCUT2D eigenvalue weighted by Gasteiger charge is -2.27. The Balaban J connectivity index is 1.38. The van der Waals surface area contributed by atoms with Gasteiger partial charge in [0.15, 0.2) is 0 Å². The third-order valence-corrected chi connectivity index (χ3v) is 7.65. The zero-order valence-electron chi connectivity index (χ0n) is 22.7. The van der Waals surface area contributed by atoms with Crippen LogP contribution in [0.1, 0.15) is 0 Å². The van der Waals surface area contributed by atoms with Gasteiger partial charge in [-0.1, -0.05) is 140 Å². The minimum atomic E-state index is 1.12. The number of hydrogen-bond acceptors (Lipinski definition) is 1. The number of benzene rings is 7. The fourth-order valence-corrected chi connectivity index (χ4v) is 5.68. The van der Waals surface area contributed by atoms with Gasteiger partial charge in [-0.2, -0.15) is 0 Å². The third kappa shape index (κ3) is 4.90. The zero-order valence-corrected chi connectivity index (χ0v) is 22.7. The number of anilines is 3. The Hall–Kier alpha value is -5.40. The van der Waals surface area contributed by atoms with Crippen molar-refractivity contribution in [3.8, 4) is 33.4 Å². The standard InChI is InChI=1S/C40H29N/c1-4-14-30(15-5-1)37-27-26-34(29-39(37)32-16-6-2-7-17-32)33-20-12-23-36(28-33)41(35-21-8-3-9-22-35)40-25-13-19-31-18-10-11-24-38(31)40/h1-29H. The molecule has 0 unspecified atom stereocenters. The smallest absolute Gasteiger partial charge is 0.0540 e. The fourth-order valence-electron chi connectivity index (χ4n) is 5.68. The van der Waals surface area contributed by atoms with Gasteiger partial charge in [0.25, 0.3) is 0 Å². The molecule has 0 radical (unpaired) electrons.